The summed E-state index contributed by atoms with van der Waals surface area (Å²) in [4.78, 5) is 67.6. The molecule has 2 saturated heterocycles. The molecule has 0 saturated carbocycles. The summed E-state index contributed by atoms with van der Waals surface area (Å²) >= 11 is 2.94. The van der Waals surface area contributed by atoms with Gasteiger partial charge in [-0.2, -0.15) is 5.10 Å². The van der Waals surface area contributed by atoms with Crippen molar-refractivity contribution in [2.24, 2.45) is 10.2 Å². The van der Waals surface area contributed by atoms with E-state index in [1.165, 1.54) is 43.8 Å². The number of nitro benzene ring substituents is 2. The van der Waals surface area contributed by atoms with Crippen LogP contribution in [0.2, 0.25) is 0 Å². The largest absolute Gasteiger partial charge is 1.00 e. The molecule has 6 rings (SSSR count). The molecular weight excluding hydrogens is 806 g/mol. The fourth-order valence-corrected chi connectivity index (χ4v) is 4.41. The van der Waals surface area contributed by atoms with Crippen molar-refractivity contribution in [2.45, 2.75) is 0 Å². The summed E-state index contributed by atoms with van der Waals surface area (Å²) in [6.45, 7) is 0.0945. The zero-order valence-corrected chi connectivity index (χ0v) is 33.0. The Bertz CT molecular complexity index is 2030. The number of furan rings is 2. The molecule has 2 aromatic heterocycles. The first-order valence-corrected chi connectivity index (χ1v) is 16.7. The van der Waals surface area contributed by atoms with Crippen LogP contribution in [0.5, 0.6) is 0 Å². The van der Waals surface area contributed by atoms with Crippen LogP contribution in [-0.2, 0) is 14.3 Å². The number of carbonyl (C=O) groups is 4. The van der Waals surface area contributed by atoms with E-state index in [0.717, 1.165) is 14.9 Å². The number of rotatable bonds is 11. The minimum Gasteiger partial charge on any atom is -0.455 e. The molecule has 2 aromatic carbocycles. The first-order chi connectivity index (χ1) is 26.4. The maximum Gasteiger partial charge on any atom is 1.00 e. The van der Waals surface area contributed by atoms with Gasteiger partial charge in [-0.15, -0.1) is 0 Å². The number of hydrogen-bond acceptors (Lipinski definition) is 13. The Labute approximate surface area is 343 Å². The van der Waals surface area contributed by atoms with Gasteiger partial charge in [0.05, 0.1) is 44.0 Å². The van der Waals surface area contributed by atoms with Crippen molar-refractivity contribution in [2.75, 3.05) is 46.3 Å². The van der Waals surface area contributed by atoms with E-state index >= 15 is 0 Å². The van der Waals surface area contributed by atoms with Crippen LogP contribution < -0.4 is 29.6 Å². The van der Waals surface area contributed by atoms with Gasteiger partial charge in [0.1, 0.15) is 29.6 Å². The predicted octanol–water partition coefficient (Wildman–Crippen LogP) is 3.22. The summed E-state index contributed by atoms with van der Waals surface area (Å²) in [7, 11) is 0.486. The molecule has 6 amide bonds. The summed E-state index contributed by atoms with van der Waals surface area (Å²) in [6.07, 6.45) is 2.63. The van der Waals surface area contributed by atoms with E-state index in [4.69, 9.17) is 14.9 Å². The van der Waals surface area contributed by atoms with E-state index in [9.17, 15) is 43.8 Å². The van der Waals surface area contributed by atoms with Gasteiger partial charge in [-0.25, -0.2) is 9.80 Å². The second-order valence-electron chi connectivity index (χ2n) is 10.2. The molecule has 0 spiro atoms. The van der Waals surface area contributed by atoms with Gasteiger partial charge < -0.3 is 23.9 Å². The minimum absolute atomic E-state index is 0. The van der Waals surface area contributed by atoms with Gasteiger partial charge in [-0.3, -0.25) is 49.0 Å². The summed E-state index contributed by atoms with van der Waals surface area (Å²) < 4.78 is 31.5. The van der Waals surface area contributed by atoms with Crippen molar-refractivity contribution in [3.05, 3.63) is 110 Å². The van der Waals surface area contributed by atoms with Crippen molar-refractivity contribution < 1.29 is 77.9 Å². The molecule has 22 heteroatoms. The monoisotopic (exact) mass is 837 g/mol. The molecule has 2 aliphatic rings. The molecule has 0 radical (unpaired) electrons. The third kappa shape index (κ3) is 12.7. The van der Waals surface area contributed by atoms with E-state index < -0.39 is 35.0 Å². The fraction of sp³-hybridized carbons (Fsp3) is 0.212. The van der Waals surface area contributed by atoms with Crippen LogP contribution in [0.1, 0.15) is 12.9 Å². The number of non-ortho nitro benzene ring substituents is 2. The van der Waals surface area contributed by atoms with Gasteiger partial charge in [-0.05, 0) is 54.4 Å². The van der Waals surface area contributed by atoms with E-state index in [-0.39, 0.29) is 73.1 Å². The van der Waals surface area contributed by atoms with Crippen LogP contribution in [0.4, 0.5) is 25.4 Å². The number of urea groups is 2. The van der Waals surface area contributed by atoms with Gasteiger partial charge in [-0.1, -0.05) is 15.9 Å². The van der Waals surface area contributed by atoms with Crippen molar-refractivity contribution in [3.63, 3.8) is 0 Å². The molecule has 284 valence electrons. The number of methoxy groups -OCH3 is 1. The van der Waals surface area contributed by atoms with Gasteiger partial charge in [0, 0.05) is 49.0 Å². The van der Waals surface area contributed by atoms with Crippen molar-refractivity contribution in [3.8, 4) is 22.6 Å². The fourth-order valence-electron chi connectivity index (χ4n) is 4.41. The van der Waals surface area contributed by atoms with Crippen LogP contribution in [0.15, 0.2) is 91.8 Å². The summed E-state index contributed by atoms with van der Waals surface area (Å²) in [6, 6.07) is 17.2. The Morgan fingerprint density at radius 1 is 0.836 bits per heavy atom. The maximum atomic E-state index is 12.1. The van der Waals surface area contributed by atoms with E-state index in [1.54, 1.807) is 48.5 Å². The van der Waals surface area contributed by atoms with Gasteiger partial charge in [0.15, 0.2) is 11.9 Å². The average molecular weight is 839 g/mol. The molecule has 0 bridgehead atoms. The average Bonchev–Trinajstić information content (AvgIpc) is 3.98. The molecule has 4 aromatic rings. The zero-order valence-electron chi connectivity index (χ0n) is 30.4. The molecule has 4 heterocycles. The number of amides is 6. The number of ether oxygens (including phenoxy) is 1. The van der Waals surface area contributed by atoms with Crippen molar-refractivity contribution in [1.82, 2.24) is 14.9 Å². The van der Waals surface area contributed by atoms with Crippen LogP contribution in [0, 0.1) is 20.2 Å². The Hall–Kier alpha value is -5.61. The topological polar surface area (TPSA) is 239 Å². The summed E-state index contributed by atoms with van der Waals surface area (Å²) in [5, 5.41) is 34.3. The van der Waals surface area contributed by atoms with Crippen LogP contribution in [-0.4, -0.2) is 107 Å². The second-order valence-corrected chi connectivity index (χ2v) is 10.2. The minimum atomic E-state index is -1.00. The number of halogens is 2. The number of nitro groups is 2. The van der Waals surface area contributed by atoms with Crippen molar-refractivity contribution >= 4 is 63.6 Å². The molecule has 0 atom stereocenters. The normalized spacial score (nSPS) is 13.7. The summed E-state index contributed by atoms with van der Waals surface area (Å²) in [5.74, 6) is 2.65. The third-order valence-electron chi connectivity index (χ3n) is 6.91. The maximum absolute atomic E-state index is 12.1. The van der Waals surface area contributed by atoms with Crippen LogP contribution >= 0.6 is 15.9 Å². The molecule has 55 heavy (non-hydrogen) atoms. The molecule has 0 unspecified atom stereocenters. The molecular formula is C33H31BrFN8NaO11. The Morgan fingerprint density at radius 2 is 1.29 bits per heavy atom. The Kier molecular flexibility index (Phi) is 18.0. The molecule has 0 N–H and O–H groups in total. The Morgan fingerprint density at radius 3 is 1.69 bits per heavy atom. The van der Waals surface area contributed by atoms with E-state index in [0.29, 0.717) is 34.2 Å². The molecule has 0 aliphatic carbocycles. The van der Waals surface area contributed by atoms with Gasteiger partial charge in [0.2, 0.25) is 0 Å². The number of hydrogen-bond donors (Lipinski definition) is 0. The van der Waals surface area contributed by atoms with Crippen molar-refractivity contribution in [1.29, 1.82) is 0 Å². The second kappa shape index (κ2) is 22.6. The number of imide groups is 2. The first-order valence-electron chi connectivity index (χ1n) is 15.8. The molecule has 2 fully saturated rings. The third-order valence-corrected chi connectivity index (χ3v) is 6.91. The Balaban J connectivity index is 0.000000345. The quantitative estimate of drug-likeness (QED) is 0.0531. The number of carbonyl (C=O) groups excluding carboxylic acids is 4. The standard InChI is InChI=1S/C17H16N4O6.C14H10N4O5.CH3Br.CH3F.Na/c1-26-9-8-19-16(22)11-20(17(19)23)18-10-14-6-7-15(27-14)12-2-4-13(5-3-12)21(24)25;19-13-8-17(14(20)16-13)15-7-11-5-6-12(23-11)9-1-3-10(4-2-9)18(21)22;2*1-2;/h2-7,10H,8-9,11H2,1H3;1-7H,8H2,(H,16,19,20);2*1H3;/q;;;;+1/p-1/b18-10+;15-7+;;;/i;;;1D;. The van der Waals surface area contributed by atoms with E-state index in [2.05, 4.69) is 31.4 Å². The van der Waals surface area contributed by atoms with Crippen LogP contribution in [0.3, 0.4) is 0 Å². The SMILES string of the molecule is CBr.COCCN1C(=O)CN(/N=C/c2ccc(-c3ccc([N+](=O)[O-])cc3)o2)C1=O.O=C1CN(/N=C/c2ccc(-c3ccc([N+](=O)[O-])cc3)o2)C(=O)[N-]1.[2H]CF.[Na+]. The number of hydrazone groups is 2. The number of benzene rings is 2. The molecule has 19 nitrogen and oxygen atoms in total. The predicted molar refractivity (Wildman–Crippen MR) is 195 cm³/mol. The first kappa shape index (κ1) is 43.8. The number of nitrogens with zero attached hydrogens (tertiary/aromatic N) is 8. The van der Waals surface area contributed by atoms with E-state index in [1.807, 2.05) is 5.83 Å². The van der Waals surface area contributed by atoms with Crippen LogP contribution in [0.25, 0.3) is 28.0 Å². The zero-order chi connectivity index (χ0) is 40.5. The molecule has 2 aliphatic heterocycles. The summed E-state index contributed by atoms with van der Waals surface area (Å²) in [5.41, 5.74) is 1.31. The number of alkyl halides is 2. The van der Waals surface area contributed by atoms with Gasteiger partial charge in [0.25, 0.3) is 17.3 Å². The van der Waals surface area contributed by atoms with Gasteiger partial charge >= 0.3 is 35.6 Å². The smallest absolute Gasteiger partial charge is 0.455 e.